The average molecular weight is 619 g/mol. The van der Waals surface area contributed by atoms with Crippen LogP contribution in [0.1, 0.15) is 70.6 Å². The summed E-state index contributed by atoms with van der Waals surface area (Å²) in [7, 11) is 0. The molecule has 14 atom stereocenters. The molecule has 44 heavy (non-hydrogen) atoms. The van der Waals surface area contributed by atoms with Crippen LogP contribution in [-0.4, -0.2) is 93.2 Å². The molecule has 4 aliphatic carbocycles. The fourth-order valence-electron chi connectivity index (χ4n) is 9.08. The Morgan fingerprint density at radius 3 is 2.43 bits per heavy atom. The zero-order valence-electron chi connectivity index (χ0n) is 25.4. The van der Waals surface area contributed by atoms with Crippen molar-refractivity contribution in [3.8, 4) is 0 Å². The lowest BCUT2D eigenvalue weighted by atomic mass is 9.59. The van der Waals surface area contributed by atoms with E-state index >= 15 is 0 Å². The smallest absolute Gasteiger partial charge is 0.186 e. The molecule has 0 bridgehead atoms. The summed E-state index contributed by atoms with van der Waals surface area (Å²) in [5.74, 6) is -1.79. The first kappa shape index (κ1) is 32.2. The second kappa shape index (κ2) is 13.6. The molecule has 0 aromatic carbocycles. The standard InChI is InChI=1S/C33H50N2O9/c34-25-9-8-16(14-35-25)10-18-4-1-2-5-19(18)11-17-12-21-26(22(37)13-17)30(40)27-20(28(21)38)6-3-7-23(27)43-33-32(42)31(41)29(39)24(15-36)44-33/h12-13,16,18-21,23-27,29,31-33,35-37,39,41-42H,1-11,14-15,34H2/t16?,18-,19+,20?,21-,23?,24+,25?,26+,27?,29+,31-,32+,33-/m0/s1. The van der Waals surface area contributed by atoms with Gasteiger partial charge < -0.3 is 46.1 Å². The van der Waals surface area contributed by atoms with Gasteiger partial charge in [0.05, 0.1) is 36.6 Å². The molecule has 8 N–H and O–H groups in total. The van der Waals surface area contributed by atoms with Gasteiger partial charge in [0.15, 0.2) is 12.1 Å². The molecular formula is C33H50N2O9. The van der Waals surface area contributed by atoms with Crippen LogP contribution in [0.5, 0.6) is 0 Å². The summed E-state index contributed by atoms with van der Waals surface area (Å²) in [5, 5.41) is 55.1. The Hall–Kier alpha value is -1.70. The Balaban J connectivity index is 1.15. The van der Waals surface area contributed by atoms with E-state index in [9.17, 15) is 35.1 Å². The summed E-state index contributed by atoms with van der Waals surface area (Å²) in [6.45, 7) is 0.363. The van der Waals surface area contributed by atoms with E-state index in [4.69, 9.17) is 15.2 Å². The Labute approximate surface area is 258 Å². The summed E-state index contributed by atoms with van der Waals surface area (Å²) in [5.41, 5.74) is 6.97. The van der Waals surface area contributed by atoms with Crippen LogP contribution < -0.4 is 11.1 Å². The van der Waals surface area contributed by atoms with Gasteiger partial charge in [0.2, 0.25) is 0 Å². The molecule has 5 fully saturated rings. The van der Waals surface area contributed by atoms with Crippen molar-refractivity contribution in [3.05, 3.63) is 23.5 Å². The van der Waals surface area contributed by atoms with Gasteiger partial charge in [0.25, 0.3) is 0 Å². The van der Waals surface area contributed by atoms with Gasteiger partial charge in [-0.05, 0) is 80.9 Å². The summed E-state index contributed by atoms with van der Waals surface area (Å²) in [6.07, 6.45) is 6.13. The van der Waals surface area contributed by atoms with Gasteiger partial charge in [-0.2, -0.15) is 0 Å². The van der Waals surface area contributed by atoms with Crippen molar-refractivity contribution in [3.63, 3.8) is 0 Å². The zero-order valence-corrected chi connectivity index (χ0v) is 25.4. The SMILES string of the molecule is NC1CCC(C[C@@H]2CCCC[C@@H]2CC2=C[C@@H]3C(=O)C4CCCC(O[C@H]5O[C@H](CO)[C@@H](O)[C@H](O)[C@H]5O)C4C(=O)[C@H]3C(O)=C2)CN1. The number of Topliss-reactive ketones (excluding diaryl/α,β-unsaturated/α-hetero) is 2. The van der Waals surface area contributed by atoms with Gasteiger partial charge in [-0.1, -0.05) is 31.8 Å². The number of carbonyl (C=O) groups is 2. The number of hydrogen-bond donors (Lipinski definition) is 7. The predicted octanol–water partition coefficient (Wildman–Crippen LogP) is 1.22. The van der Waals surface area contributed by atoms with Crippen LogP contribution in [0.3, 0.4) is 0 Å². The molecule has 6 aliphatic rings. The largest absolute Gasteiger partial charge is 0.512 e. The molecule has 6 rings (SSSR count). The monoisotopic (exact) mass is 618 g/mol. The number of hydrogen-bond acceptors (Lipinski definition) is 11. The Kier molecular flexibility index (Phi) is 9.95. The molecule has 0 aromatic heterocycles. The molecule has 11 nitrogen and oxygen atoms in total. The average Bonchev–Trinajstić information content (AvgIpc) is 3.02. The number of aliphatic hydroxyl groups excluding tert-OH is 5. The van der Waals surface area contributed by atoms with E-state index in [1.807, 2.05) is 6.08 Å². The predicted molar refractivity (Wildman–Crippen MR) is 159 cm³/mol. The molecule has 0 radical (unpaired) electrons. The van der Waals surface area contributed by atoms with Gasteiger partial charge in [-0.3, -0.25) is 9.59 Å². The first-order valence-electron chi connectivity index (χ1n) is 16.8. The number of nitrogens with one attached hydrogen (secondary N) is 1. The zero-order chi connectivity index (χ0) is 31.1. The number of carbonyl (C=O) groups excluding carboxylic acids is 2. The van der Waals surface area contributed by atoms with Gasteiger partial charge in [0.1, 0.15) is 36.0 Å². The maximum Gasteiger partial charge on any atom is 0.186 e. The number of allylic oxidation sites excluding steroid dienone is 4. The topological polar surface area (TPSA) is 192 Å². The number of aliphatic hydroxyl groups is 5. The highest BCUT2D eigenvalue weighted by Crippen LogP contribution is 2.48. The van der Waals surface area contributed by atoms with Crippen molar-refractivity contribution in [2.75, 3.05) is 13.2 Å². The molecule has 2 heterocycles. The molecule has 2 saturated heterocycles. The molecule has 11 heteroatoms. The Morgan fingerprint density at radius 2 is 1.70 bits per heavy atom. The number of piperidine rings is 1. The van der Waals surface area contributed by atoms with Crippen molar-refractivity contribution < 1.29 is 44.6 Å². The number of rotatable bonds is 7. The number of ketones is 2. The molecule has 246 valence electrons. The maximum atomic E-state index is 14.0. The van der Waals surface area contributed by atoms with E-state index in [1.165, 1.54) is 19.3 Å². The minimum atomic E-state index is -1.60. The van der Waals surface area contributed by atoms with Crippen molar-refractivity contribution >= 4 is 11.6 Å². The van der Waals surface area contributed by atoms with Gasteiger partial charge in [-0.25, -0.2) is 0 Å². The lowest BCUT2D eigenvalue weighted by Gasteiger charge is -2.47. The number of fused-ring (bicyclic) bond motifs is 2. The third-order valence-corrected chi connectivity index (χ3v) is 11.5. The van der Waals surface area contributed by atoms with Gasteiger partial charge >= 0.3 is 0 Å². The van der Waals surface area contributed by atoms with Gasteiger partial charge in [0, 0.05) is 5.92 Å². The fourth-order valence-corrected chi connectivity index (χ4v) is 9.08. The first-order chi connectivity index (χ1) is 21.2. The van der Waals surface area contributed by atoms with Crippen LogP contribution in [0.4, 0.5) is 0 Å². The number of ether oxygens (including phenoxy) is 2. The second-order valence-corrected chi connectivity index (χ2v) is 14.3. The van der Waals surface area contributed by atoms with E-state index in [2.05, 4.69) is 5.32 Å². The summed E-state index contributed by atoms with van der Waals surface area (Å²) < 4.78 is 11.6. The van der Waals surface area contributed by atoms with E-state index in [0.717, 1.165) is 44.2 Å². The van der Waals surface area contributed by atoms with Crippen LogP contribution in [0, 0.1) is 41.4 Å². The lowest BCUT2D eigenvalue weighted by molar-refractivity contribution is -0.316. The molecule has 0 aromatic rings. The molecule has 5 unspecified atom stereocenters. The highest BCUT2D eigenvalue weighted by atomic mass is 16.7. The second-order valence-electron chi connectivity index (χ2n) is 14.3. The van der Waals surface area contributed by atoms with E-state index in [1.54, 1.807) is 6.08 Å². The molecule has 3 saturated carbocycles. The quantitative estimate of drug-likeness (QED) is 0.217. The normalized spacial score (nSPS) is 46.5. The fraction of sp³-hybridized carbons (Fsp3) is 0.818. The summed E-state index contributed by atoms with van der Waals surface area (Å²) in [4.78, 5) is 28.0. The minimum Gasteiger partial charge on any atom is -0.512 e. The highest BCUT2D eigenvalue weighted by Gasteiger charge is 2.56. The third kappa shape index (κ3) is 6.31. The van der Waals surface area contributed by atoms with Crippen molar-refractivity contribution in [2.45, 2.75) is 114 Å². The number of nitrogens with two attached hydrogens (primary N) is 1. The van der Waals surface area contributed by atoms with Gasteiger partial charge in [-0.15, -0.1) is 0 Å². The maximum absolute atomic E-state index is 14.0. The van der Waals surface area contributed by atoms with Crippen molar-refractivity contribution in [1.29, 1.82) is 0 Å². The van der Waals surface area contributed by atoms with Crippen LogP contribution in [-0.2, 0) is 19.1 Å². The molecule has 0 amide bonds. The highest BCUT2D eigenvalue weighted by molar-refractivity contribution is 6.02. The van der Waals surface area contributed by atoms with Crippen molar-refractivity contribution in [1.82, 2.24) is 5.32 Å². The Morgan fingerprint density at radius 1 is 0.932 bits per heavy atom. The molecular weight excluding hydrogens is 568 g/mol. The third-order valence-electron chi connectivity index (χ3n) is 11.5. The van der Waals surface area contributed by atoms with Crippen LogP contribution in [0.2, 0.25) is 0 Å². The van der Waals surface area contributed by atoms with Crippen LogP contribution >= 0.6 is 0 Å². The summed E-state index contributed by atoms with van der Waals surface area (Å²) in [6, 6.07) is 0. The van der Waals surface area contributed by atoms with Crippen LogP contribution in [0.15, 0.2) is 23.5 Å². The Bertz CT molecular complexity index is 1120. The van der Waals surface area contributed by atoms with Crippen molar-refractivity contribution in [2.24, 2.45) is 47.2 Å². The van der Waals surface area contributed by atoms with E-state index in [-0.39, 0.29) is 23.5 Å². The molecule has 0 spiro atoms. The first-order valence-corrected chi connectivity index (χ1v) is 16.8. The lowest BCUT2D eigenvalue weighted by Crippen LogP contribution is -2.61. The van der Waals surface area contributed by atoms with E-state index < -0.39 is 67.1 Å². The van der Waals surface area contributed by atoms with E-state index in [0.29, 0.717) is 37.0 Å². The van der Waals surface area contributed by atoms with Crippen LogP contribution in [0.25, 0.3) is 0 Å². The summed E-state index contributed by atoms with van der Waals surface area (Å²) >= 11 is 0. The minimum absolute atomic E-state index is 0.0661. The molecule has 2 aliphatic heterocycles.